The molecule has 0 heterocycles. The van der Waals surface area contributed by atoms with E-state index in [4.69, 9.17) is 14.2 Å². The predicted molar refractivity (Wildman–Crippen MR) is 96.0 cm³/mol. The third-order valence-electron chi connectivity index (χ3n) is 3.23. The van der Waals surface area contributed by atoms with Crippen LogP contribution in [0.2, 0.25) is 0 Å². The first-order chi connectivity index (χ1) is 12.7. The zero-order valence-electron chi connectivity index (χ0n) is 14.6. The van der Waals surface area contributed by atoms with Gasteiger partial charge in [0.1, 0.15) is 31.3 Å². The largest absolute Gasteiger partial charge is 0.490 e. The summed E-state index contributed by atoms with van der Waals surface area (Å²) in [7, 11) is 0. The van der Waals surface area contributed by atoms with E-state index in [1.54, 1.807) is 31.2 Å². The van der Waals surface area contributed by atoms with E-state index in [9.17, 15) is 9.59 Å². The average molecular weight is 358 g/mol. The number of hydrazine groups is 1. The Hall–Kier alpha value is -3.06. The van der Waals surface area contributed by atoms with Gasteiger partial charge >= 0.3 is 0 Å². The minimum absolute atomic E-state index is 0.103. The lowest BCUT2D eigenvalue weighted by atomic mass is 10.2. The molecule has 2 N–H and O–H groups in total. The Balaban J connectivity index is 1.70. The number of hydrogen-bond acceptors (Lipinski definition) is 5. The minimum Gasteiger partial charge on any atom is -0.490 e. The molecule has 7 nitrogen and oxygen atoms in total. The van der Waals surface area contributed by atoms with Gasteiger partial charge in [-0.05, 0) is 43.3 Å². The quantitative estimate of drug-likeness (QED) is 0.529. The zero-order chi connectivity index (χ0) is 18.6. The molecule has 0 atom stereocenters. The maximum atomic E-state index is 11.9. The molecule has 0 saturated heterocycles. The van der Waals surface area contributed by atoms with Crippen molar-refractivity contribution in [1.82, 2.24) is 10.9 Å². The number of carbonyl (C=O) groups excluding carboxylic acids is 2. The standard InChI is InChI=1S/C19H22N2O5/c1-2-24-14-18(22)20-21-19(23)15-8-10-17(11-9-15)26-13-12-25-16-6-4-3-5-7-16/h3-11H,2,12-14H2,1H3,(H,20,22)(H,21,23). The molecule has 7 heteroatoms. The molecule has 26 heavy (non-hydrogen) atoms. The van der Waals surface area contributed by atoms with E-state index in [0.29, 0.717) is 31.1 Å². The fourth-order valence-electron chi connectivity index (χ4n) is 1.97. The predicted octanol–water partition coefficient (Wildman–Crippen LogP) is 1.94. The molecule has 2 aromatic carbocycles. The summed E-state index contributed by atoms with van der Waals surface area (Å²) in [5.41, 5.74) is 4.99. The fourth-order valence-corrected chi connectivity index (χ4v) is 1.97. The SMILES string of the molecule is CCOCC(=O)NNC(=O)c1ccc(OCCOc2ccccc2)cc1. The highest BCUT2D eigenvalue weighted by molar-refractivity contribution is 5.95. The molecule has 0 spiro atoms. The second-order valence-corrected chi connectivity index (χ2v) is 5.17. The molecule has 0 aromatic heterocycles. The molecule has 0 bridgehead atoms. The first-order valence-corrected chi connectivity index (χ1v) is 8.26. The lowest BCUT2D eigenvalue weighted by Crippen LogP contribution is -2.43. The highest BCUT2D eigenvalue weighted by Crippen LogP contribution is 2.12. The van der Waals surface area contributed by atoms with E-state index < -0.39 is 11.8 Å². The smallest absolute Gasteiger partial charge is 0.269 e. The molecule has 0 aliphatic carbocycles. The monoisotopic (exact) mass is 358 g/mol. The van der Waals surface area contributed by atoms with Crippen LogP contribution < -0.4 is 20.3 Å². The Labute approximate surface area is 152 Å². The number of ether oxygens (including phenoxy) is 3. The number of benzene rings is 2. The molecule has 0 radical (unpaired) electrons. The van der Waals surface area contributed by atoms with Crippen molar-refractivity contribution < 1.29 is 23.8 Å². The first kappa shape index (κ1) is 19.3. The number of amides is 2. The summed E-state index contributed by atoms with van der Waals surface area (Å²) in [5.74, 6) is 0.570. The van der Waals surface area contributed by atoms with E-state index in [-0.39, 0.29) is 6.61 Å². The summed E-state index contributed by atoms with van der Waals surface area (Å²) < 4.78 is 16.0. The van der Waals surface area contributed by atoms with Crippen LogP contribution in [0.5, 0.6) is 11.5 Å². The van der Waals surface area contributed by atoms with Gasteiger partial charge in [0.2, 0.25) is 0 Å². The molecule has 0 unspecified atom stereocenters. The maximum Gasteiger partial charge on any atom is 0.269 e. The minimum atomic E-state index is -0.422. The van der Waals surface area contributed by atoms with E-state index >= 15 is 0 Å². The van der Waals surface area contributed by atoms with Crippen LogP contribution in [0.3, 0.4) is 0 Å². The molecular formula is C19H22N2O5. The molecule has 2 aromatic rings. The normalized spacial score (nSPS) is 10.0. The lowest BCUT2D eigenvalue weighted by Gasteiger charge is -2.10. The van der Waals surface area contributed by atoms with Gasteiger partial charge in [0.25, 0.3) is 11.8 Å². The summed E-state index contributed by atoms with van der Waals surface area (Å²) in [4.78, 5) is 23.3. The van der Waals surface area contributed by atoms with Gasteiger partial charge in [0.15, 0.2) is 0 Å². The third-order valence-corrected chi connectivity index (χ3v) is 3.23. The first-order valence-electron chi connectivity index (χ1n) is 8.26. The topological polar surface area (TPSA) is 85.9 Å². The summed E-state index contributed by atoms with van der Waals surface area (Å²) in [6.07, 6.45) is 0. The molecule has 0 saturated carbocycles. The Kier molecular flexibility index (Phi) is 7.95. The van der Waals surface area contributed by atoms with E-state index in [1.807, 2.05) is 30.3 Å². The summed E-state index contributed by atoms with van der Waals surface area (Å²) >= 11 is 0. The molecule has 2 amide bonds. The second kappa shape index (κ2) is 10.7. The van der Waals surface area contributed by atoms with Gasteiger partial charge in [0.05, 0.1) is 0 Å². The van der Waals surface area contributed by atoms with Gasteiger partial charge in [-0.1, -0.05) is 18.2 Å². The molecular weight excluding hydrogens is 336 g/mol. The van der Waals surface area contributed by atoms with Gasteiger partial charge in [-0.2, -0.15) is 0 Å². The van der Waals surface area contributed by atoms with Gasteiger partial charge < -0.3 is 14.2 Å². The fraction of sp³-hybridized carbons (Fsp3) is 0.263. The van der Waals surface area contributed by atoms with Crippen molar-refractivity contribution in [2.24, 2.45) is 0 Å². The van der Waals surface area contributed by atoms with Crippen LogP contribution in [0.4, 0.5) is 0 Å². The van der Waals surface area contributed by atoms with Crippen LogP contribution in [0.15, 0.2) is 54.6 Å². The molecule has 138 valence electrons. The van der Waals surface area contributed by atoms with Gasteiger partial charge in [-0.3, -0.25) is 20.4 Å². The highest BCUT2D eigenvalue weighted by Gasteiger charge is 2.07. The summed E-state index contributed by atoms with van der Waals surface area (Å²) in [6, 6.07) is 16.1. The van der Waals surface area contributed by atoms with Crippen molar-refractivity contribution in [3.05, 3.63) is 60.2 Å². The summed E-state index contributed by atoms with van der Waals surface area (Å²) in [5, 5.41) is 0. The Bertz CT molecular complexity index is 689. The lowest BCUT2D eigenvalue weighted by molar-refractivity contribution is -0.126. The van der Waals surface area contributed by atoms with Crippen molar-refractivity contribution in [3.8, 4) is 11.5 Å². The van der Waals surface area contributed by atoms with E-state index in [2.05, 4.69) is 10.9 Å². The van der Waals surface area contributed by atoms with Crippen molar-refractivity contribution in [1.29, 1.82) is 0 Å². The molecule has 2 rings (SSSR count). The van der Waals surface area contributed by atoms with Crippen LogP contribution in [0.1, 0.15) is 17.3 Å². The number of para-hydroxylation sites is 1. The van der Waals surface area contributed by atoms with Gasteiger partial charge in [-0.25, -0.2) is 0 Å². The van der Waals surface area contributed by atoms with Crippen LogP contribution in [0, 0.1) is 0 Å². The Morgan fingerprint density at radius 1 is 0.846 bits per heavy atom. The number of hydrogen-bond donors (Lipinski definition) is 2. The molecule has 0 aliphatic heterocycles. The number of nitrogens with one attached hydrogen (secondary N) is 2. The highest BCUT2D eigenvalue weighted by atomic mass is 16.5. The van der Waals surface area contributed by atoms with Crippen LogP contribution in [-0.2, 0) is 9.53 Å². The number of rotatable bonds is 9. The summed E-state index contributed by atoms with van der Waals surface area (Å²) in [6.45, 7) is 2.91. The third kappa shape index (κ3) is 6.82. The average Bonchev–Trinajstić information content (AvgIpc) is 2.69. The molecule has 0 aliphatic rings. The van der Waals surface area contributed by atoms with E-state index in [1.165, 1.54) is 0 Å². The Morgan fingerprint density at radius 3 is 2.08 bits per heavy atom. The van der Waals surface area contributed by atoms with Gasteiger partial charge in [0, 0.05) is 12.2 Å². The zero-order valence-corrected chi connectivity index (χ0v) is 14.6. The van der Waals surface area contributed by atoms with Crippen LogP contribution in [-0.4, -0.2) is 38.2 Å². The second-order valence-electron chi connectivity index (χ2n) is 5.17. The Morgan fingerprint density at radius 2 is 1.46 bits per heavy atom. The van der Waals surface area contributed by atoms with Crippen molar-refractivity contribution in [3.63, 3.8) is 0 Å². The van der Waals surface area contributed by atoms with Crippen molar-refractivity contribution in [2.45, 2.75) is 6.92 Å². The van der Waals surface area contributed by atoms with E-state index in [0.717, 1.165) is 5.75 Å². The van der Waals surface area contributed by atoms with Crippen LogP contribution >= 0.6 is 0 Å². The maximum absolute atomic E-state index is 11.9. The van der Waals surface area contributed by atoms with Gasteiger partial charge in [-0.15, -0.1) is 0 Å². The molecule has 0 fully saturated rings. The van der Waals surface area contributed by atoms with Crippen molar-refractivity contribution >= 4 is 11.8 Å². The van der Waals surface area contributed by atoms with Crippen molar-refractivity contribution in [2.75, 3.05) is 26.4 Å². The number of carbonyl (C=O) groups is 2. The van der Waals surface area contributed by atoms with Crippen LogP contribution in [0.25, 0.3) is 0 Å².